The maximum absolute atomic E-state index is 12.6. The van der Waals surface area contributed by atoms with Crippen molar-refractivity contribution >= 4 is 34.8 Å². The van der Waals surface area contributed by atoms with Crippen LogP contribution < -0.4 is 5.32 Å². The van der Waals surface area contributed by atoms with Crippen molar-refractivity contribution in [3.8, 4) is 0 Å². The Morgan fingerprint density at radius 3 is 2.62 bits per heavy atom. The van der Waals surface area contributed by atoms with Gasteiger partial charge in [0.05, 0.1) is 23.5 Å². The number of aromatic amines is 1. The number of carbonyl (C=O) groups excluding carboxylic acids is 2. The van der Waals surface area contributed by atoms with Crippen LogP contribution in [0.25, 0.3) is 0 Å². The number of likely N-dealkylation sites (tertiary alicyclic amines) is 1. The topological polar surface area (TPSA) is 98.3 Å². The van der Waals surface area contributed by atoms with E-state index in [2.05, 4.69) is 15.3 Å². The largest absolute Gasteiger partial charge is 0.394 e. The minimum absolute atomic E-state index is 0.140. The molecule has 140 valence electrons. The summed E-state index contributed by atoms with van der Waals surface area (Å²) in [7, 11) is 0. The molecule has 0 aliphatic carbocycles. The second-order valence-electron chi connectivity index (χ2n) is 6.62. The molecule has 1 aliphatic rings. The van der Waals surface area contributed by atoms with E-state index in [1.807, 2.05) is 12.3 Å². The molecule has 0 spiro atoms. The minimum atomic E-state index is -0.754. The number of piperidine rings is 1. The van der Waals surface area contributed by atoms with Crippen molar-refractivity contribution in [1.82, 2.24) is 20.2 Å². The third-order valence-corrected chi connectivity index (χ3v) is 6.52. The number of thiophene rings is 1. The van der Waals surface area contributed by atoms with Crippen molar-refractivity contribution in [3.05, 3.63) is 38.6 Å². The molecule has 3 rings (SSSR count). The van der Waals surface area contributed by atoms with Crippen LogP contribution >= 0.6 is 22.9 Å². The first-order valence-corrected chi connectivity index (χ1v) is 9.59. The van der Waals surface area contributed by atoms with Gasteiger partial charge >= 0.3 is 0 Å². The number of nitrogens with one attached hydrogen (secondary N) is 2. The van der Waals surface area contributed by atoms with Crippen molar-refractivity contribution in [2.45, 2.75) is 32.2 Å². The van der Waals surface area contributed by atoms with Gasteiger partial charge in [0.2, 0.25) is 0 Å². The number of hydrogen-bond acceptors (Lipinski definition) is 5. The minimum Gasteiger partial charge on any atom is -0.394 e. The number of aliphatic hydroxyl groups is 1. The van der Waals surface area contributed by atoms with E-state index in [4.69, 9.17) is 11.6 Å². The number of aromatic nitrogens is 2. The zero-order valence-electron chi connectivity index (χ0n) is 14.6. The van der Waals surface area contributed by atoms with E-state index in [1.54, 1.807) is 11.8 Å². The molecular formula is C17H21ClN4O3S. The molecule has 0 radical (unpaired) electrons. The number of carbonyl (C=O) groups is 2. The van der Waals surface area contributed by atoms with Crippen molar-refractivity contribution < 1.29 is 14.7 Å². The summed E-state index contributed by atoms with van der Waals surface area (Å²) in [6.07, 6.45) is 2.43. The SMILES string of the molecule is Cc1csc(C(=O)NC2(CO)CCN(C(=O)c3nc[nH]c3C)CC2)c1Cl. The number of hydrogen-bond donors (Lipinski definition) is 3. The van der Waals surface area contributed by atoms with Gasteiger partial charge in [-0.15, -0.1) is 11.3 Å². The van der Waals surface area contributed by atoms with Crippen LogP contribution in [0.3, 0.4) is 0 Å². The molecule has 2 aromatic heterocycles. The molecule has 0 bridgehead atoms. The summed E-state index contributed by atoms with van der Waals surface area (Å²) < 4.78 is 0. The lowest BCUT2D eigenvalue weighted by atomic mass is 9.88. The molecule has 7 nitrogen and oxygen atoms in total. The number of aryl methyl sites for hydroxylation is 2. The van der Waals surface area contributed by atoms with Gasteiger partial charge in [0.25, 0.3) is 11.8 Å². The van der Waals surface area contributed by atoms with E-state index in [0.29, 0.717) is 41.5 Å². The van der Waals surface area contributed by atoms with Crippen LogP contribution in [0.15, 0.2) is 11.7 Å². The lowest BCUT2D eigenvalue weighted by molar-refractivity contribution is 0.0498. The first-order chi connectivity index (χ1) is 12.4. The van der Waals surface area contributed by atoms with Gasteiger partial charge in [-0.3, -0.25) is 9.59 Å². The van der Waals surface area contributed by atoms with Gasteiger partial charge in [0.1, 0.15) is 10.6 Å². The number of H-pyrrole nitrogens is 1. The third-order valence-electron chi connectivity index (χ3n) is 4.83. The Morgan fingerprint density at radius 1 is 1.42 bits per heavy atom. The van der Waals surface area contributed by atoms with Crippen LogP contribution in [0, 0.1) is 13.8 Å². The highest BCUT2D eigenvalue weighted by Crippen LogP contribution is 2.29. The highest BCUT2D eigenvalue weighted by Gasteiger charge is 2.38. The smallest absolute Gasteiger partial charge is 0.274 e. The summed E-state index contributed by atoms with van der Waals surface area (Å²) in [6.45, 7) is 4.32. The van der Waals surface area contributed by atoms with E-state index >= 15 is 0 Å². The van der Waals surface area contributed by atoms with E-state index in [0.717, 1.165) is 11.3 Å². The first-order valence-electron chi connectivity index (χ1n) is 8.33. The molecule has 3 N–H and O–H groups in total. The van der Waals surface area contributed by atoms with Gasteiger partial charge in [-0.1, -0.05) is 11.6 Å². The van der Waals surface area contributed by atoms with Gasteiger partial charge in [0.15, 0.2) is 0 Å². The lowest BCUT2D eigenvalue weighted by Gasteiger charge is -2.41. The summed E-state index contributed by atoms with van der Waals surface area (Å²) in [5.41, 5.74) is 1.24. The van der Waals surface area contributed by atoms with Gasteiger partial charge in [0, 0.05) is 18.8 Å². The molecule has 3 heterocycles. The lowest BCUT2D eigenvalue weighted by Crippen LogP contribution is -2.58. The van der Waals surface area contributed by atoms with E-state index in [-0.39, 0.29) is 18.4 Å². The molecule has 0 atom stereocenters. The summed E-state index contributed by atoms with van der Waals surface area (Å²) in [5.74, 6) is -0.427. The zero-order chi connectivity index (χ0) is 18.9. The highest BCUT2D eigenvalue weighted by atomic mass is 35.5. The molecule has 0 aromatic carbocycles. The van der Waals surface area contributed by atoms with Crippen LogP contribution in [0.5, 0.6) is 0 Å². The fourth-order valence-electron chi connectivity index (χ4n) is 3.07. The summed E-state index contributed by atoms with van der Waals surface area (Å²) in [4.78, 5) is 34.2. The summed E-state index contributed by atoms with van der Waals surface area (Å²) in [5, 5.41) is 15.1. The Bertz CT molecular complexity index is 824. The molecule has 1 fully saturated rings. The van der Waals surface area contributed by atoms with Crippen molar-refractivity contribution in [2.24, 2.45) is 0 Å². The van der Waals surface area contributed by atoms with Crippen molar-refractivity contribution in [1.29, 1.82) is 0 Å². The maximum Gasteiger partial charge on any atom is 0.274 e. The molecule has 1 saturated heterocycles. The fraction of sp³-hybridized carbons (Fsp3) is 0.471. The summed E-state index contributed by atoms with van der Waals surface area (Å²) >= 11 is 7.46. The Morgan fingerprint density at radius 2 is 2.12 bits per heavy atom. The van der Waals surface area contributed by atoms with Gasteiger partial charge in [-0.05, 0) is 37.6 Å². The van der Waals surface area contributed by atoms with E-state index < -0.39 is 5.54 Å². The molecule has 26 heavy (non-hydrogen) atoms. The van der Waals surface area contributed by atoms with Crippen LogP contribution in [0.2, 0.25) is 5.02 Å². The number of rotatable bonds is 4. The van der Waals surface area contributed by atoms with Crippen molar-refractivity contribution in [3.63, 3.8) is 0 Å². The number of halogens is 1. The number of nitrogens with zero attached hydrogens (tertiary/aromatic N) is 2. The van der Waals surface area contributed by atoms with Gasteiger partial charge in [-0.25, -0.2) is 4.98 Å². The highest BCUT2D eigenvalue weighted by molar-refractivity contribution is 7.13. The number of amides is 2. The second kappa shape index (κ2) is 7.38. The normalized spacial score (nSPS) is 16.5. The molecule has 2 aromatic rings. The molecular weight excluding hydrogens is 376 g/mol. The first kappa shape index (κ1) is 18.9. The summed E-state index contributed by atoms with van der Waals surface area (Å²) in [6, 6.07) is 0. The van der Waals surface area contributed by atoms with E-state index in [9.17, 15) is 14.7 Å². The third kappa shape index (κ3) is 3.49. The van der Waals surface area contributed by atoms with Gasteiger partial charge in [-0.2, -0.15) is 0 Å². The quantitative estimate of drug-likeness (QED) is 0.737. The number of aliphatic hydroxyl groups excluding tert-OH is 1. The Balaban J connectivity index is 1.67. The average Bonchev–Trinajstić information content (AvgIpc) is 3.21. The Hall–Kier alpha value is -1.90. The van der Waals surface area contributed by atoms with Crippen molar-refractivity contribution in [2.75, 3.05) is 19.7 Å². The van der Waals surface area contributed by atoms with Crippen LogP contribution in [-0.4, -0.2) is 57.0 Å². The molecule has 0 saturated carbocycles. The molecule has 2 amide bonds. The fourth-order valence-corrected chi connectivity index (χ4v) is 4.24. The Labute approximate surface area is 160 Å². The molecule has 9 heteroatoms. The molecule has 0 unspecified atom stereocenters. The predicted molar refractivity (Wildman–Crippen MR) is 99.8 cm³/mol. The number of imidazole rings is 1. The average molecular weight is 397 g/mol. The Kier molecular flexibility index (Phi) is 5.36. The molecule has 1 aliphatic heterocycles. The van der Waals surface area contributed by atoms with Crippen LogP contribution in [-0.2, 0) is 0 Å². The van der Waals surface area contributed by atoms with Crippen LogP contribution in [0.4, 0.5) is 0 Å². The second-order valence-corrected chi connectivity index (χ2v) is 7.88. The van der Waals surface area contributed by atoms with E-state index in [1.165, 1.54) is 17.7 Å². The predicted octanol–water partition coefficient (Wildman–Crippen LogP) is 2.14. The van der Waals surface area contributed by atoms with Crippen LogP contribution in [0.1, 0.15) is 44.3 Å². The zero-order valence-corrected chi connectivity index (χ0v) is 16.2. The monoisotopic (exact) mass is 396 g/mol. The standard InChI is InChI=1S/C17H21ClN4O3S/c1-10-7-26-14(12(10)18)15(24)21-17(8-23)3-5-22(6-4-17)16(25)13-11(2)19-9-20-13/h7,9,23H,3-6,8H2,1-2H3,(H,19,20)(H,21,24). The van der Waals surface area contributed by atoms with Gasteiger partial charge < -0.3 is 20.3 Å². The maximum atomic E-state index is 12.6.